The second-order valence-corrected chi connectivity index (χ2v) is 6.99. The van der Waals surface area contributed by atoms with E-state index in [9.17, 15) is 9.59 Å². The molecule has 2 amide bonds. The van der Waals surface area contributed by atoms with Crippen LogP contribution in [0.5, 0.6) is 0 Å². The number of carbonyl (C=O) groups excluding carboxylic acids is 2. The number of likely N-dealkylation sites (tertiary alicyclic amines) is 2. The topological polar surface area (TPSA) is 66.4 Å². The van der Waals surface area contributed by atoms with Crippen LogP contribution in [0.15, 0.2) is 42.7 Å². The number of aromatic nitrogens is 2. The number of hydrogen-bond donors (Lipinski definition) is 0. The van der Waals surface area contributed by atoms with Gasteiger partial charge < -0.3 is 9.80 Å². The Morgan fingerprint density at radius 1 is 1.15 bits per heavy atom. The zero-order valence-electron chi connectivity index (χ0n) is 14.8. The van der Waals surface area contributed by atoms with Gasteiger partial charge in [0, 0.05) is 36.6 Å². The summed E-state index contributed by atoms with van der Waals surface area (Å²) in [5.41, 5.74) is 2.51. The maximum Gasteiger partial charge on any atom is 0.254 e. The monoisotopic (exact) mass is 350 g/mol. The standard InChI is InChI=1S/C20H22N4O2/c1-14-3-2-4-16(22-14)13-24-18-9-12-23(17(18)5-6-19(24)25)20(26)15-7-10-21-11-8-15/h2-4,7-8,10-11,17-18H,5-6,9,12-13H2,1H3/t17-,18-/m1/s1. The lowest BCUT2D eigenvalue weighted by Crippen LogP contribution is -2.52. The summed E-state index contributed by atoms with van der Waals surface area (Å²) in [5.74, 6) is 0.190. The molecule has 2 fully saturated rings. The first kappa shape index (κ1) is 16.7. The Labute approximate surface area is 152 Å². The van der Waals surface area contributed by atoms with Crippen molar-refractivity contribution < 1.29 is 9.59 Å². The Balaban J connectivity index is 1.54. The van der Waals surface area contributed by atoms with E-state index in [-0.39, 0.29) is 23.9 Å². The molecule has 0 aliphatic carbocycles. The highest BCUT2D eigenvalue weighted by Gasteiger charge is 2.44. The average Bonchev–Trinajstić information content (AvgIpc) is 3.08. The van der Waals surface area contributed by atoms with Gasteiger partial charge in [0.2, 0.25) is 5.91 Å². The summed E-state index contributed by atoms with van der Waals surface area (Å²) in [4.78, 5) is 37.8. The zero-order valence-corrected chi connectivity index (χ0v) is 14.8. The fourth-order valence-corrected chi connectivity index (χ4v) is 4.13. The van der Waals surface area contributed by atoms with Crippen LogP contribution in [0.3, 0.4) is 0 Å². The van der Waals surface area contributed by atoms with E-state index in [1.54, 1.807) is 24.5 Å². The predicted octanol–water partition coefficient (Wildman–Crippen LogP) is 2.19. The van der Waals surface area contributed by atoms with Crippen molar-refractivity contribution in [1.82, 2.24) is 19.8 Å². The van der Waals surface area contributed by atoms with E-state index < -0.39 is 0 Å². The molecule has 6 heteroatoms. The third kappa shape index (κ3) is 3.07. The third-order valence-electron chi connectivity index (χ3n) is 5.35. The molecule has 2 aliphatic heterocycles. The van der Waals surface area contributed by atoms with E-state index in [0.717, 1.165) is 24.2 Å². The van der Waals surface area contributed by atoms with Crippen molar-refractivity contribution in [3.63, 3.8) is 0 Å². The van der Waals surface area contributed by atoms with Gasteiger partial charge in [-0.05, 0) is 44.0 Å². The van der Waals surface area contributed by atoms with E-state index in [1.807, 2.05) is 34.9 Å². The fraction of sp³-hybridized carbons (Fsp3) is 0.400. The Hall–Kier alpha value is -2.76. The number of piperidine rings is 1. The number of aryl methyl sites for hydroxylation is 1. The lowest BCUT2D eigenvalue weighted by atomic mass is 9.95. The number of pyridine rings is 2. The molecular formula is C20H22N4O2. The Bertz CT molecular complexity index is 824. The van der Waals surface area contributed by atoms with Crippen molar-refractivity contribution in [2.24, 2.45) is 0 Å². The molecule has 4 heterocycles. The van der Waals surface area contributed by atoms with Gasteiger partial charge in [-0.25, -0.2) is 0 Å². The predicted molar refractivity (Wildman–Crippen MR) is 96.2 cm³/mol. The first-order chi connectivity index (χ1) is 12.6. The van der Waals surface area contributed by atoms with Crippen molar-refractivity contribution in [2.75, 3.05) is 6.54 Å². The molecule has 2 saturated heterocycles. The van der Waals surface area contributed by atoms with E-state index in [1.165, 1.54) is 0 Å². The van der Waals surface area contributed by atoms with E-state index in [4.69, 9.17) is 0 Å². The minimum Gasteiger partial charge on any atom is -0.333 e. The number of amides is 2. The highest BCUT2D eigenvalue weighted by molar-refractivity contribution is 5.94. The molecule has 2 aromatic heterocycles. The molecule has 0 radical (unpaired) electrons. The van der Waals surface area contributed by atoms with E-state index >= 15 is 0 Å². The molecule has 2 aliphatic rings. The lowest BCUT2D eigenvalue weighted by molar-refractivity contribution is -0.138. The third-order valence-corrected chi connectivity index (χ3v) is 5.35. The van der Waals surface area contributed by atoms with Crippen LogP contribution in [0.2, 0.25) is 0 Å². The van der Waals surface area contributed by atoms with Gasteiger partial charge in [0.05, 0.1) is 24.3 Å². The van der Waals surface area contributed by atoms with Crippen molar-refractivity contribution >= 4 is 11.8 Å². The first-order valence-electron chi connectivity index (χ1n) is 9.06. The number of nitrogens with zero attached hydrogens (tertiary/aromatic N) is 4. The fourth-order valence-electron chi connectivity index (χ4n) is 4.13. The average molecular weight is 350 g/mol. The summed E-state index contributed by atoms with van der Waals surface area (Å²) in [5, 5.41) is 0. The van der Waals surface area contributed by atoms with Gasteiger partial charge in [-0.2, -0.15) is 0 Å². The molecule has 6 nitrogen and oxygen atoms in total. The summed E-state index contributed by atoms with van der Waals surface area (Å²) in [6.07, 6.45) is 5.31. The number of rotatable bonds is 3. The van der Waals surface area contributed by atoms with Gasteiger partial charge in [0.25, 0.3) is 5.91 Å². The largest absolute Gasteiger partial charge is 0.333 e. The summed E-state index contributed by atoms with van der Waals surface area (Å²) in [7, 11) is 0. The number of fused-ring (bicyclic) bond motifs is 1. The molecule has 4 rings (SSSR count). The van der Waals surface area contributed by atoms with Crippen LogP contribution in [0.4, 0.5) is 0 Å². The smallest absolute Gasteiger partial charge is 0.254 e. The van der Waals surface area contributed by atoms with Crippen LogP contribution in [0.1, 0.15) is 41.0 Å². The van der Waals surface area contributed by atoms with Gasteiger partial charge in [-0.3, -0.25) is 19.6 Å². The van der Waals surface area contributed by atoms with E-state index in [2.05, 4.69) is 9.97 Å². The normalized spacial score (nSPS) is 22.4. The minimum atomic E-state index is 0.0304. The molecule has 2 atom stereocenters. The zero-order chi connectivity index (χ0) is 18.1. The van der Waals surface area contributed by atoms with Crippen LogP contribution in [-0.4, -0.2) is 50.2 Å². The van der Waals surface area contributed by atoms with Gasteiger partial charge in [-0.15, -0.1) is 0 Å². The van der Waals surface area contributed by atoms with Crippen LogP contribution in [0, 0.1) is 6.92 Å². The first-order valence-corrected chi connectivity index (χ1v) is 9.06. The highest BCUT2D eigenvalue weighted by atomic mass is 16.2. The van der Waals surface area contributed by atoms with Crippen molar-refractivity contribution in [3.05, 3.63) is 59.7 Å². The van der Waals surface area contributed by atoms with Gasteiger partial charge in [-0.1, -0.05) is 6.07 Å². The van der Waals surface area contributed by atoms with E-state index in [0.29, 0.717) is 25.1 Å². The van der Waals surface area contributed by atoms with Crippen molar-refractivity contribution in [2.45, 2.75) is 44.8 Å². The molecular weight excluding hydrogens is 328 g/mol. The maximum atomic E-state index is 12.9. The van der Waals surface area contributed by atoms with Crippen LogP contribution in [-0.2, 0) is 11.3 Å². The molecule has 134 valence electrons. The van der Waals surface area contributed by atoms with Crippen molar-refractivity contribution in [3.8, 4) is 0 Å². The molecule has 0 aromatic carbocycles. The molecule has 0 unspecified atom stereocenters. The Morgan fingerprint density at radius 2 is 1.96 bits per heavy atom. The number of hydrogen-bond acceptors (Lipinski definition) is 4. The molecule has 0 bridgehead atoms. The lowest BCUT2D eigenvalue weighted by Gasteiger charge is -2.39. The second kappa shape index (κ2) is 6.86. The quantitative estimate of drug-likeness (QED) is 0.851. The summed E-state index contributed by atoms with van der Waals surface area (Å²) < 4.78 is 0. The Morgan fingerprint density at radius 3 is 2.73 bits per heavy atom. The summed E-state index contributed by atoms with van der Waals surface area (Å²) in [6, 6.07) is 9.53. The molecule has 26 heavy (non-hydrogen) atoms. The van der Waals surface area contributed by atoms with Crippen LogP contribution in [0.25, 0.3) is 0 Å². The molecule has 0 N–H and O–H groups in total. The highest BCUT2D eigenvalue weighted by Crippen LogP contribution is 2.33. The van der Waals surface area contributed by atoms with Crippen LogP contribution >= 0.6 is 0 Å². The SMILES string of the molecule is Cc1cccc(CN2C(=O)CC[C@@H]3[C@H]2CCN3C(=O)c2ccncc2)n1. The maximum absolute atomic E-state index is 12.9. The van der Waals surface area contributed by atoms with Crippen LogP contribution < -0.4 is 0 Å². The van der Waals surface area contributed by atoms with Gasteiger partial charge in [0.15, 0.2) is 0 Å². The number of carbonyl (C=O) groups is 2. The molecule has 0 spiro atoms. The van der Waals surface area contributed by atoms with Gasteiger partial charge >= 0.3 is 0 Å². The van der Waals surface area contributed by atoms with Crippen molar-refractivity contribution in [1.29, 1.82) is 0 Å². The summed E-state index contributed by atoms with van der Waals surface area (Å²) >= 11 is 0. The summed E-state index contributed by atoms with van der Waals surface area (Å²) in [6.45, 7) is 3.15. The Kier molecular flexibility index (Phi) is 4.41. The van der Waals surface area contributed by atoms with Gasteiger partial charge in [0.1, 0.15) is 0 Å². The minimum absolute atomic E-state index is 0.0304. The second-order valence-electron chi connectivity index (χ2n) is 6.99. The molecule has 2 aromatic rings. The molecule has 0 saturated carbocycles.